The highest BCUT2D eigenvalue weighted by Gasteiger charge is 2.20. The van der Waals surface area contributed by atoms with Gasteiger partial charge in [-0.05, 0) is 28.7 Å². The number of ether oxygens (including phenoxy) is 1. The number of nitrogens with zero attached hydrogens (tertiary/aromatic N) is 3. The molecule has 0 saturated heterocycles. The van der Waals surface area contributed by atoms with Gasteiger partial charge in [0.2, 0.25) is 0 Å². The molecule has 0 aliphatic carbocycles. The van der Waals surface area contributed by atoms with Crippen molar-refractivity contribution in [1.29, 1.82) is 0 Å². The smallest absolute Gasteiger partial charge is 0.319 e. The number of phenols is 2. The molecule has 31 heavy (non-hydrogen) atoms. The zero-order valence-corrected chi connectivity index (χ0v) is 17.7. The maximum Gasteiger partial charge on any atom is 0.319 e. The number of carbonyl (C=O) groups excluding carboxylic acids is 1. The van der Waals surface area contributed by atoms with Crippen LogP contribution in [0.15, 0.2) is 36.4 Å². The summed E-state index contributed by atoms with van der Waals surface area (Å²) in [5.41, 5.74) is 2.90. The Labute approximate surface area is 179 Å². The van der Waals surface area contributed by atoms with E-state index in [1.165, 1.54) is 17.7 Å². The fraction of sp³-hybridized carbons (Fsp3) is 0.318. The number of nitrogens with one attached hydrogen (secondary N) is 1. The van der Waals surface area contributed by atoms with Gasteiger partial charge in [-0.15, -0.1) is 5.10 Å². The number of esters is 1. The van der Waals surface area contributed by atoms with Crippen LogP contribution in [0.5, 0.6) is 17.5 Å². The quantitative estimate of drug-likeness (QED) is 0.404. The standard InChI is InChI=1S/C22H26N4O5/c1-13(2)16-8-17(19(28)9-18(16)27)21-24-25-22(30)26(21)12-15-6-4-14(5-7-15)10-23-11-20(29)31-3/h4-9,13,23,27-28H,10-12H2,1-3H3,(H,25,30). The average Bonchev–Trinajstić information content (AvgIpc) is 3.09. The first kappa shape index (κ1) is 22.1. The predicted octanol–water partition coefficient (Wildman–Crippen LogP) is 2.50. The van der Waals surface area contributed by atoms with Crippen molar-refractivity contribution in [3.05, 3.63) is 53.1 Å². The Kier molecular flexibility index (Phi) is 6.76. The number of hydrogen-bond acceptors (Lipinski definition) is 8. The third-order valence-electron chi connectivity index (χ3n) is 4.93. The minimum Gasteiger partial charge on any atom is -0.508 e. The maximum atomic E-state index is 11.2. The first-order valence-corrected chi connectivity index (χ1v) is 9.84. The molecule has 3 aromatic rings. The Morgan fingerprint density at radius 2 is 1.74 bits per heavy atom. The van der Waals surface area contributed by atoms with Crippen LogP contribution in [-0.2, 0) is 22.6 Å². The van der Waals surface area contributed by atoms with Crippen LogP contribution < -0.4 is 5.32 Å². The molecule has 9 nitrogen and oxygen atoms in total. The summed E-state index contributed by atoms with van der Waals surface area (Å²) in [6.07, 6.45) is 0. The molecule has 1 aromatic heterocycles. The van der Waals surface area contributed by atoms with Gasteiger partial charge in [-0.1, -0.05) is 43.2 Å². The zero-order chi connectivity index (χ0) is 22.5. The highest BCUT2D eigenvalue weighted by Crippen LogP contribution is 2.38. The third kappa shape index (κ3) is 5.13. The molecule has 0 bridgehead atoms. The van der Waals surface area contributed by atoms with Crippen LogP contribution in [-0.4, -0.2) is 49.7 Å². The molecule has 9 heteroatoms. The van der Waals surface area contributed by atoms with E-state index in [1.807, 2.05) is 38.1 Å². The Hall–Kier alpha value is -3.59. The van der Waals surface area contributed by atoms with E-state index in [9.17, 15) is 20.1 Å². The first-order valence-electron chi connectivity index (χ1n) is 9.84. The van der Waals surface area contributed by atoms with Crippen molar-refractivity contribution in [2.24, 2.45) is 0 Å². The normalized spacial score (nSPS) is 11.1. The van der Waals surface area contributed by atoms with Gasteiger partial charge < -0.3 is 25.4 Å². The van der Waals surface area contributed by atoms with Crippen LogP contribution in [0.25, 0.3) is 11.4 Å². The van der Waals surface area contributed by atoms with Gasteiger partial charge in [0, 0.05) is 12.6 Å². The Morgan fingerprint density at radius 3 is 2.39 bits per heavy atom. The van der Waals surface area contributed by atoms with Crippen molar-refractivity contribution < 1.29 is 24.9 Å². The van der Waals surface area contributed by atoms with E-state index in [2.05, 4.69) is 20.3 Å². The molecule has 0 fully saturated rings. The Balaban J connectivity index is 1.81. The largest absolute Gasteiger partial charge is 0.508 e. The predicted molar refractivity (Wildman–Crippen MR) is 114 cm³/mol. The lowest BCUT2D eigenvalue weighted by molar-refractivity contribution is -0.139. The SMILES string of the molecule is COC(=O)CNCc1ccc(Cn2c(O)nnc2-c2cc(C(C)C)c(O)cc2O)cc1. The summed E-state index contributed by atoms with van der Waals surface area (Å²) in [5.74, 6) is -0.152. The van der Waals surface area contributed by atoms with E-state index in [4.69, 9.17) is 0 Å². The van der Waals surface area contributed by atoms with Crippen LogP contribution in [0, 0.1) is 0 Å². The van der Waals surface area contributed by atoms with Gasteiger partial charge in [-0.25, -0.2) is 0 Å². The van der Waals surface area contributed by atoms with E-state index in [0.29, 0.717) is 23.5 Å². The zero-order valence-electron chi connectivity index (χ0n) is 17.7. The van der Waals surface area contributed by atoms with Gasteiger partial charge in [0.05, 0.1) is 25.8 Å². The third-order valence-corrected chi connectivity index (χ3v) is 4.93. The lowest BCUT2D eigenvalue weighted by atomic mass is 9.98. The van der Waals surface area contributed by atoms with E-state index < -0.39 is 0 Å². The number of carbonyl (C=O) groups is 1. The molecule has 0 spiro atoms. The number of phenolic OH excluding ortho intramolecular Hbond substituents is 2. The minimum atomic E-state index is -0.328. The molecule has 0 aliphatic heterocycles. The number of benzene rings is 2. The van der Waals surface area contributed by atoms with E-state index in [0.717, 1.165) is 11.1 Å². The van der Waals surface area contributed by atoms with Crippen LogP contribution >= 0.6 is 0 Å². The van der Waals surface area contributed by atoms with Gasteiger partial charge in [-0.2, -0.15) is 0 Å². The molecular formula is C22H26N4O5. The van der Waals surface area contributed by atoms with Crippen LogP contribution in [0.3, 0.4) is 0 Å². The van der Waals surface area contributed by atoms with Crippen LogP contribution in [0.4, 0.5) is 0 Å². The lowest BCUT2D eigenvalue weighted by Gasteiger charge is -2.14. The lowest BCUT2D eigenvalue weighted by Crippen LogP contribution is -2.23. The summed E-state index contributed by atoms with van der Waals surface area (Å²) in [6.45, 7) is 4.78. The molecule has 4 N–H and O–H groups in total. The summed E-state index contributed by atoms with van der Waals surface area (Å²) in [6, 6.07) is 10.3. The van der Waals surface area contributed by atoms with Crippen molar-refractivity contribution in [3.63, 3.8) is 0 Å². The van der Waals surface area contributed by atoms with Gasteiger partial charge in [0.25, 0.3) is 0 Å². The molecule has 2 aromatic carbocycles. The summed E-state index contributed by atoms with van der Waals surface area (Å²) in [7, 11) is 1.34. The molecule has 0 unspecified atom stereocenters. The highest BCUT2D eigenvalue weighted by atomic mass is 16.5. The molecule has 0 atom stereocenters. The minimum absolute atomic E-state index is 0.00272. The highest BCUT2D eigenvalue weighted by molar-refractivity contribution is 5.71. The Morgan fingerprint density at radius 1 is 1.06 bits per heavy atom. The number of aromatic hydroxyl groups is 3. The van der Waals surface area contributed by atoms with Crippen molar-refractivity contribution >= 4 is 5.97 Å². The molecule has 164 valence electrons. The molecule has 0 aliphatic rings. The number of aromatic nitrogens is 3. The second kappa shape index (κ2) is 9.48. The molecule has 1 heterocycles. The van der Waals surface area contributed by atoms with E-state index >= 15 is 0 Å². The van der Waals surface area contributed by atoms with Crippen molar-refractivity contribution in [2.45, 2.75) is 32.9 Å². The van der Waals surface area contributed by atoms with Crippen LogP contribution in [0.1, 0.15) is 36.5 Å². The van der Waals surface area contributed by atoms with Gasteiger partial charge >= 0.3 is 12.0 Å². The second-order valence-electron chi connectivity index (χ2n) is 7.49. The summed E-state index contributed by atoms with van der Waals surface area (Å²) < 4.78 is 6.08. The molecular weight excluding hydrogens is 400 g/mol. The molecule has 0 amide bonds. The fourth-order valence-corrected chi connectivity index (χ4v) is 3.20. The van der Waals surface area contributed by atoms with E-state index in [1.54, 1.807) is 6.07 Å². The summed E-state index contributed by atoms with van der Waals surface area (Å²) in [4.78, 5) is 11.2. The topological polar surface area (TPSA) is 130 Å². The van der Waals surface area contributed by atoms with Crippen molar-refractivity contribution in [2.75, 3.05) is 13.7 Å². The van der Waals surface area contributed by atoms with Crippen molar-refractivity contribution in [1.82, 2.24) is 20.1 Å². The number of rotatable bonds is 8. The van der Waals surface area contributed by atoms with Crippen molar-refractivity contribution in [3.8, 4) is 28.9 Å². The van der Waals surface area contributed by atoms with Gasteiger partial charge in [0.1, 0.15) is 11.5 Å². The van der Waals surface area contributed by atoms with Crippen LogP contribution in [0.2, 0.25) is 0 Å². The average molecular weight is 426 g/mol. The Bertz CT molecular complexity index is 1060. The van der Waals surface area contributed by atoms with Gasteiger partial charge in [0.15, 0.2) is 5.82 Å². The summed E-state index contributed by atoms with van der Waals surface area (Å²) in [5, 5.41) is 41.5. The monoisotopic (exact) mass is 426 g/mol. The fourth-order valence-electron chi connectivity index (χ4n) is 3.20. The number of hydrogen-bond donors (Lipinski definition) is 4. The van der Waals surface area contributed by atoms with Gasteiger partial charge in [-0.3, -0.25) is 9.36 Å². The maximum absolute atomic E-state index is 11.2. The number of methoxy groups -OCH3 is 1. The second-order valence-corrected chi connectivity index (χ2v) is 7.49. The molecule has 0 radical (unpaired) electrons. The molecule has 3 rings (SSSR count). The van der Waals surface area contributed by atoms with E-state index in [-0.39, 0.29) is 42.5 Å². The summed E-state index contributed by atoms with van der Waals surface area (Å²) >= 11 is 0. The first-order chi connectivity index (χ1) is 14.8. The molecule has 0 saturated carbocycles.